The molecule has 3 aromatic rings. The minimum absolute atomic E-state index is 0.171. The van der Waals surface area contributed by atoms with E-state index >= 15 is 0 Å². The zero-order chi connectivity index (χ0) is 28.0. The highest BCUT2D eigenvalue weighted by molar-refractivity contribution is 5.95. The predicted octanol–water partition coefficient (Wildman–Crippen LogP) is 4.93. The van der Waals surface area contributed by atoms with Crippen LogP contribution in [0.2, 0.25) is 0 Å². The number of carbonyl (C=O) groups is 1. The van der Waals surface area contributed by atoms with Crippen molar-refractivity contribution in [1.29, 1.82) is 0 Å². The van der Waals surface area contributed by atoms with Gasteiger partial charge in [-0.3, -0.25) is 4.79 Å². The molecule has 2 aromatic carbocycles. The van der Waals surface area contributed by atoms with Gasteiger partial charge in [0, 0.05) is 42.8 Å². The highest BCUT2D eigenvalue weighted by Crippen LogP contribution is 2.31. The molecule has 1 fully saturated rings. The number of ether oxygens (including phenoxy) is 1. The van der Waals surface area contributed by atoms with Gasteiger partial charge in [0.2, 0.25) is 0 Å². The molecule has 3 N–H and O–H groups in total. The Hall–Kier alpha value is -3.84. The molecule has 1 aliphatic rings. The van der Waals surface area contributed by atoms with E-state index in [1.165, 1.54) is 11.7 Å². The molecule has 7 nitrogen and oxygen atoms in total. The van der Waals surface area contributed by atoms with Crippen molar-refractivity contribution in [1.82, 2.24) is 14.8 Å². The molecule has 39 heavy (non-hydrogen) atoms. The number of amides is 1. The van der Waals surface area contributed by atoms with Crippen LogP contribution in [0.15, 0.2) is 42.5 Å². The van der Waals surface area contributed by atoms with E-state index in [1.54, 1.807) is 43.4 Å². The van der Waals surface area contributed by atoms with E-state index in [0.29, 0.717) is 28.2 Å². The molecule has 0 unspecified atom stereocenters. The van der Waals surface area contributed by atoms with Gasteiger partial charge in [-0.05, 0) is 61.7 Å². The van der Waals surface area contributed by atoms with Crippen molar-refractivity contribution in [2.45, 2.75) is 38.5 Å². The smallest absolute Gasteiger partial charge is 0.406 e. The number of benzene rings is 2. The number of nitrogens with one attached hydrogen (secondary N) is 3. The summed E-state index contributed by atoms with van der Waals surface area (Å²) in [4.78, 5) is 14.3. The number of methoxy groups -OCH3 is 1. The van der Waals surface area contributed by atoms with Crippen molar-refractivity contribution in [3.8, 4) is 17.6 Å². The third kappa shape index (κ3) is 6.98. The molecule has 2 heterocycles. The van der Waals surface area contributed by atoms with Gasteiger partial charge >= 0.3 is 6.18 Å². The van der Waals surface area contributed by atoms with Gasteiger partial charge in [-0.15, -0.1) is 0 Å². The van der Waals surface area contributed by atoms with Gasteiger partial charge in [-0.1, -0.05) is 18.9 Å². The van der Waals surface area contributed by atoms with E-state index in [9.17, 15) is 18.0 Å². The molecule has 4 rings (SSSR count). The van der Waals surface area contributed by atoms with E-state index in [1.807, 2.05) is 6.07 Å². The number of rotatable bonds is 8. The number of alkyl halides is 3. The Morgan fingerprint density at radius 3 is 2.56 bits per heavy atom. The van der Waals surface area contributed by atoms with Crippen LogP contribution in [0.25, 0.3) is 10.9 Å². The van der Waals surface area contributed by atoms with Gasteiger partial charge in [-0.2, -0.15) is 13.2 Å². The van der Waals surface area contributed by atoms with Crippen molar-refractivity contribution < 1.29 is 22.7 Å². The fourth-order valence-corrected chi connectivity index (χ4v) is 4.87. The summed E-state index contributed by atoms with van der Waals surface area (Å²) in [7, 11) is 3.04. The summed E-state index contributed by atoms with van der Waals surface area (Å²) in [6, 6.07) is 12.4. The average molecular weight is 542 g/mol. The number of aromatic nitrogens is 1. The third-order valence-electron chi connectivity index (χ3n) is 6.95. The molecule has 0 saturated carbocycles. The first-order chi connectivity index (χ1) is 18.7. The van der Waals surface area contributed by atoms with Crippen molar-refractivity contribution >= 4 is 28.2 Å². The second-order valence-electron chi connectivity index (χ2n) is 9.47. The van der Waals surface area contributed by atoms with Crippen molar-refractivity contribution in [2.75, 3.05) is 51.0 Å². The first kappa shape index (κ1) is 28.2. The number of halogens is 3. The second-order valence-corrected chi connectivity index (χ2v) is 9.47. The molecule has 0 bridgehead atoms. The lowest BCUT2D eigenvalue weighted by Crippen LogP contribution is -2.38. The first-order valence-corrected chi connectivity index (χ1v) is 13.0. The number of hydrogen-bond donors (Lipinski definition) is 3. The summed E-state index contributed by atoms with van der Waals surface area (Å²) in [5, 5.41) is 9.97. The maximum absolute atomic E-state index is 13.5. The highest BCUT2D eigenvalue weighted by atomic mass is 19.4. The number of nitrogens with zero attached hydrogens (tertiary/aromatic N) is 2. The normalized spacial score (nSPS) is 14.5. The Morgan fingerprint density at radius 2 is 1.90 bits per heavy atom. The molecule has 1 aromatic heterocycles. The zero-order valence-electron chi connectivity index (χ0n) is 22.4. The molecule has 0 atom stereocenters. The number of piperidine rings is 1. The summed E-state index contributed by atoms with van der Waals surface area (Å²) in [6.07, 6.45) is -2.42. The monoisotopic (exact) mass is 541 g/mol. The van der Waals surface area contributed by atoms with Gasteiger partial charge in [0.05, 0.1) is 30.6 Å². The minimum Gasteiger partial charge on any atom is -0.495 e. The average Bonchev–Trinajstić information content (AvgIpc) is 3.27. The Morgan fingerprint density at radius 1 is 1.13 bits per heavy atom. The maximum Gasteiger partial charge on any atom is 0.406 e. The van der Waals surface area contributed by atoms with Crippen LogP contribution in [0.5, 0.6) is 5.75 Å². The van der Waals surface area contributed by atoms with Gasteiger partial charge in [0.25, 0.3) is 5.91 Å². The van der Waals surface area contributed by atoms with Crippen molar-refractivity contribution in [3.63, 3.8) is 0 Å². The van der Waals surface area contributed by atoms with Gasteiger partial charge < -0.3 is 30.2 Å². The summed E-state index contributed by atoms with van der Waals surface area (Å²) in [5.41, 5.74) is 2.68. The predicted molar refractivity (Wildman–Crippen MR) is 149 cm³/mol. The molecule has 208 valence electrons. The summed E-state index contributed by atoms with van der Waals surface area (Å²) < 4.78 is 47.2. The minimum atomic E-state index is -4.39. The lowest BCUT2D eigenvalue weighted by atomic mass is 10.0. The van der Waals surface area contributed by atoms with Crippen LogP contribution in [0, 0.1) is 11.8 Å². The van der Waals surface area contributed by atoms with Crippen LogP contribution in [-0.4, -0.2) is 67.9 Å². The molecule has 0 radical (unpaired) electrons. The second kappa shape index (κ2) is 12.3. The van der Waals surface area contributed by atoms with Crippen LogP contribution in [0.4, 0.5) is 24.5 Å². The Bertz CT molecular complexity index is 1360. The largest absolute Gasteiger partial charge is 0.495 e. The number of carbonyl (C=O) groups excluding carboxylic acids is 1. The van der Waals surface area contributed by atoms with Crippen LogP contribution in [0.1, 0.15) is 35.8 Å². The van der Waals surface area contributed by atoms with E-state index < -0.39 is 12.7 Å². The topological polar surface area (TPSA) is 70.6 Å². The van der Waals surface area contributed by atoms with Crippen LogP contribution in [0.3, 0.4) is 0 Å². The number of fused-ring (bicyclic) bond motifs is 1. The number of hydrogen-bond acceptors (Lipinski definition) is 5. The van der Waals surface area contributed by atoms with Crippen LogP contribution < -0.4 is 20.7 Å². The van der Waals surface area contributed by atoms with Crippen molar-refractivity contribution in [2.24, 2.45) is 0 Å². The molecular formula is C29H34F3N5O2. The van der Waals surface area contributed by atoms with Crippen molar-refractivity contribution in [3.05, 3.63) is 53.7 Å². The lowest BCUT2D eigenvalue weighted by molar-refractivity contribution is -0.140. The molecule has 10 heteroatoms. The summed E-state index contributed by atoms with van der Waals surface area (Å²) in [6.45, 7) is 4.22. The fourth-order valence-electron chi connectivity index (χ4n) is 4.87. The quantitative estimate of drug-likeness (QED) is 0.353. The maximum atomic E-state index is 13.5. The van der Waals surface area contributed by atoms with E-state index in [4.69, 9.17) is 4.74 Å². The van der Waals surface area contributed by atoms with Gasteiger partial charge in [-0.25, -0.2) is 0 Å². The molecule has 1 amide bonds. The van der Waals surface area contributed by atoms with Crippen LogP contribution >= 0.6 is 0 Å². The van der Waals surface area contributed by atoms with Gasteiger partial charge in [0.15, 0.2) is 0 Å². The fraction of sp³-hybridized carbons (Fsp3) is 0.414. The molecule has 1 aliphatic heterocycles. The van der Waals surface area contributed by atoms with E-state index in [0.717, 1.165) is 43.5 Å². The van der Waals surface area contributed by atoms with E-state index in [-0.39, 0.29) is 18.5 Å². The van der Waals surface area contributed by atoms with Crippen LogP contribution in [-0.2, 0) is 6.54 Å². The number of anilines is 2. The summed E-state index contributed by atoms with van der Waals surface area (Å²) >= 11 is 0. The number of likely N-dealkylation sites (tertiary alicyclic amines) is 1. The molecular weight excluding hydrogens is 507 g/mol. The zero-order valence-corrected chi connectivity index (χ0v) is 22.4. The highest BCUT2D eigenvalue weighted by Gasteiger charge is 2.30. The Balaban J connectivity index is 1.56. The molecule has 0 spiro atoms. The van der Waals surface area contributed by atoms with Gasteiger partial charge in [0.1, 0.15) is 12.3 Å². The summed E-state index contributed by atoms with van der Waals surface area (Å²) in [5.74, 6) is 6.09. The molecule has 0 aliphatic carbocycles. The molecule has 1 saturated heterocycles. The first-order valence-electron chi connectivity index (χ1n) is 13.0. The SMILES string of the molecule is CCN1CCC(Nc2cccc3c2cc(C#CCNc2ccc(C(=O)NC)cc2OC)n3CC(F)(F)F)CC1. The Labute approximate surface area is 226 Å². The third-order valence-corrected chi connectivity index (χ3v) is 6.95. The lowest BCUT2D eigenvalue weighted by Gasteiger charge is -2.32. The standard InChI is InChI=1S/C29H34F3N5O2/c1-4-36-15-12-21(13-16-36)35-24-8-5-9-26-23(24)18-22(37(26)19-29(30,31)32)7-6-14-34-25-11-10-20(28(38)33-2)17-27(25)39-3/h5,8-11,17-18,21,34-35H,4,12-16,19H2,1-3H3,(H,33,38). The van der Waals surface area contributed by atoms with E-state index in [2.05, 4.69) is 39.6 Å². The Kier molecular flexibility index (Phi) is 8.92.